The molecule has 146 valence electrons. The molecule has 1 aliphatic rings. The number of hydrogen-bond acceptors (Lipinski definition) is 4. The van der Waals surface area contributed by atoms with E-state index in [0.717, 1.165) is 42.2 Å². The molecule has 1 N–H and O–H groups in total. The van der Waals surface area contributed by atoms with Crippen LogP contribution in [0.3, 0.4) is 0 Å². The highest BCUT2D eigenvalue weighted by Crippen LogP contribution is 2.20. The lowest BCUT2D eigenvalue weighted by molar-refractivity contribution is -0.126. The number of thiophene rings is 1. The Balaban J connectivity index is 1.48. The van der Waals surface area contributed by atoms with Gasteiger partial charge in [-0.2, -0.15) is 5.10 Å². The third-order valence-electron chi connectivity index (χ3n) is 5.02. The Morgan fingerprint density at radius 1 is 1.41 bits per heavy atom. The molecule has 3 rings (SSSR count). The summed E-state index contributed by atoms with van der Waals surface area (Å²) in [6.07, 6.45) is 1.71. The fraction of sp³-hybridized carbons (Fsp3) is 0.550. The summed E-state index contributed by atoms with van der Waals surface area (Å²) in [4.78, 5) is 27.7. The summed E-state index contributed by atoms with van der Waals surface area (Å²) in [5.74, 6) is 0.266. The van der Waals surface area contributed by atoms with Crippen LogP contribution in [0.2, 0.25) is 0 Å². The van der Waals surface area contributed by atoms with Gasteiger partial charge in [0.15, 0.2) is 0 Å². The molecule has 0 radical (unpaired) electrons. The number of rotatable bonds is 6. The lowest BCUT2D eigenvalue weighted by Gasteiger charge is -2.32. The molecule has 1 fully saturated rings. The van der Waals surface area contributed by atoms with Crippen molar-refractivity contribution in [2.45, 2.75) is 40.2 Å². The van der Waals surface area contributed by atoms with Gasteiger partial charge in [-0.3, -0.25) is 14.3 Å². The number of carbonyl (C=O) groups is 2. The summed E-state index contributed by atoms with van der Waals surface area (Å²) >= 11 is 1.45. The fourth-order valence-electron chi connectivity index (χ4n) is 3.57. The SMILES string of the molecule is Cc1cc(C)n(CC(C)CNC(=O)C2CCCN(C(=O)c3cccs3)C2)n1. The van der Waals surface area contributed by atoms with Crippen LogP contribution < -0.4 is 5.32 Å². The maximum Gasteiger partial charge on any atom is 0.263 e. The van der Waals surface area contributed by atoms with Crippen molar-refractivity contribution >= 4 is 23.2 Å². The minimum absolute atomic E-state index is 0.0420. The van der Waals surface area contributed by atoms with Crippen LogP contribution in [0.15, 0.2) is 23.6 Å². The maximum atomic E-state index is 12.6. The third-order valence-corrected chi connectivity index (χ3v) is 5.88. The smallest absolute Gasteiger partial charge is 0.263 e. The molecule has 7 heteroatoms. The van der Waals surface area contributed by atoms with Crippen LogP contribution in [0.25, 0.3) is 0 Å². The molecule has 27 heavy (non-hydrogen) atoms. The number of carbonyl (C=O) groups excluding carboxylic acids is 2. The first-order chi connectivity index (χ1) is 12.9. The number of nitrogens with one attached hydrogen (secondary N) is 1. The van der Waals surface area contributed by atoms with E-state index in [1.807, 2.05) is 40.9 Å². The lowest BCUT2D eigenvalue weighted by Crippen LogP contribution is -2.46. The highest BCUT2D eigenvalue weighted by atomic mass is 32.1. The summed E-state index contributed by atoms with van der Waals surface area (Å²) < 4.78 is 1.99. The maximum absolute atomic E-state index is 12.6. The van der Waals surface area contributed by atoms with Crippen molar-refractivity contribution in [2.75, 3.05) is 19.6 Å². The van der Waals surface area contributed by atoms with Gasteiger partial charge in [-0.15, -0.1) is 11.3 Å². The molecular weight excluding hydrogens is 360 g/mol. The van der Waals surface area contributed by atoms with Gasteiger partial charge in [-0.1, -0.05) is 13.0 Å². The molecule has 0 saturated carbocycles. The van der Waals surface area contributed by atoms with Crippen molar-refractivity contribution in [3.63, 3.8) is 0 Å². The van der Waals surface area contributed by atoms with Crippen molar-refractivity contribution < 1.29 is 9.59 Å². The van der Waals surface area contributed by atoms with Crippen LogP contribution >= 0.6 is 11.3 Å². The summed E-state index contributed by atoms with van der Waals surface area (Å²) in [5, 5.41) is 9.47. The molecule has 2 aromatic rings. The van der Waals surface area contributed by atoms with Gasteiger partial charge in [0, 0.05) is 31.9 Å². The van der Waals surface area contributed by atoms with Crippen LogP contribution in [0.4, 0.5) is 0 Å². The first-order valence-electron chi connectivity index (χ1n) is 9.55. The molecule has 1 saturated heterocycles. The minimum atomic E-state index is -0.122. The zero-order chi connectivity index (χ0) is 19.4. The van der Waals surface area contributed by atoms with Crippen molar-refractivity contribution in [1.29, 1.82) is 0 Å². The van der Waals surface area contributed by atoms with Crippen LogP contribution in [-0.4, -0.2) is 46.1 Å². The fourth-order valence-corrected chi connectivity index (χ4v) is 4.26. The Morgan fingerprint density at radius 3 is 2.89 bits per heavy atom. The first kappa shape index (κ1) is 19.6. The van der Waals surface area contributed by atoms with Crippen LogP contribution in [-0.2, 0) is 11.3 Å². The predicted molar refractivity (Wildman–Crippen MR) is 107 cm³/mol. The van der Waals surface area contributed by atoms with E-state index in [1.165, 1.54) is 11.3 Å². The van der Waals surface area contributed by atoms with E-state index >= 15 is 0 Å². The average molecular weight is 389 g/mol. The zero-order valence-electron chi connectivity index (χ0n) is 16.3. The summed E-state index contributed by atoms with van der Waals surface area (Å²) in [5.41, 5.74) is 2.15. The van der Waals surface area contributed by atoms with Gasteiger partial charge in [0.2, 0.25) is 5.91 Å². The van der Waals surface area contributed by atoms with E-state index < -0.39 is 0 Å². The molecule has 0 spiro atoms. The number of amides is 2. The molecule has 0 aromatic carbocycles. The molecule has 2 unspecified atom stereocenters. The van der Waals surface area contributed by atoms with Gasteiger partial charge >= 0.3 is 0 Å². The standard InChI is InChI=1S/C20H28N4O2S/c1-14(12-24-16(3)10-15(2)22-24)11-21-19(25)17-6-4-8-23(13-17)20(26)18-7-5-9-27-18/h5,7,9-10,14,17H,4,6,8,11-13H2,1-3H3,(H,21,25). The highest BCUT2D eigenvalue weighted by Gasteiger charge is 2.29. The summed E-state index contributed by atoms with van der Waals surface area (Å²) in [6, 6.07) is 5.79. The van der Waals surface area contributed by atoms with Crippen molar-refractivity contribution in [3.8, 4) is 0 Å². The van der Waals surface area contributed by atoms with E-state index in [0.29, 0.717) is 19.0 Å². The molecular formula is C20H28N4O2S. The summed E-state index contributed by atoms with van der Waals surface area (Å²) in [7, 11) is 0. The second-order valence-electron chi connectivity index (χ2n) is 7.53. The Hall–Kier alpha value is -2.15. The molecule has 2 aromatic heterocycles. The number of hydrogen-bond donors (Lipinski definition) is 1. The molecule has 6 nitrogen and oxygen atoms in total. The van der Waals surface area contributed by atoms with Crippen molar-refractivity contribution in [2.24, 2.45) is 11.8 Å². The quantitative estimate of drug-likeness (QED) is 0.827. The Labute approximate surface area is 164 Å². The van der Waals surface area contributed by atoms with Gasteiger partial charge in [0.1, 0.15) is 0 Å². The number of aromatic nitrogens is 2. The number of piperidine rings is 1. The highest BCUT2D eigenvalue weighted by molar-refractivity contribution is 7.12. The number of likely N-dealkylation sites (tertiary alicyclic amines) is 1. The van der Waals surface area contributed by atoms with Crippen molar-refractivity contribution in [3.05, 3.63) is 39.8 Å². The van der Waals surface area contributed by atoms with Crippen LogP contribution in [0.5, 0.6) is 0 Å². The summed E-state index contributed by atoms with van der Waals surface area (Å²) in [6.45, 7) is 8.79. The largest absolute Gasteiger partial charge is 0.355 e. The number of nitrogens with zero attached hydrogens (tertiary/aromatic N) is 3. The zero-order valence-corrected chi connectivity index (χ0v) is 17.1. The number of aryl methyl sites for hydroxylation is 2. The topological polar surface area (TPSA) is 67.2 Å². The molecule has 0 bridgehead atoms. The molecule has 2 atom stereocenters. The predicted octanol–water partition coefficient (Wildman–Crippen LogP) is 2.87. The lowest BCUT2D eigenvalue weighted by atomic mass is 9.96. The van der Waals surface area contributed by atoms with E-state index in [2.05, 4.69) is 23.4 Å². The van der Waals surface area contributed by atoms with Crippen molar-refractivity contribution in [1.82, 2.24) is 20.0 Å². The Bertz CT molecular complexity index is 784. The van der Waals surface area contributed by atoms with E-state index in [9.17, 15) is 9.59 Å². The normalized spacial score (nSPS) is 18.3. The third kappa shape index (κ3) is 4.97. The van der Waals surface area contributed by atoms with Gasteiger partial charge in [-0.25, -0.2) is 0 Å². The van der Waals surface area contributed by atoms with E-state index in [1.54, 1.807) is 0 Å². The first-order valence-corrected chi connectivity index (χ1v) is 10.4. The molecule has 0 aliphatic carbocycles. The van der Waals surface area contributed by atoms with Gasteiger partial charge in [0.25, 0.3) is 5.91 Å². The van der Waals surface area contributed by atoms with Gasteiger partial charge in [0.05, 0.1) is 16.5 Å². The Kier molecular flexibility index (Phi) is 6.31. The van der Waals surface area contributed by atoms with E-state index in [4.69, 9.17) is 0 Å². The minimum Gasteiger partial charge on any atom is -0.355 e. The Morgan fingerprint density at radius 2 is 2.22 bits per heavy atom. The van der Waals surface area contributed by atoms with Crippen LogP contribution in [0, 0.1) is 25.7 Å². The second-order valence-corrected chi connectivity index (χ2v) is 8.47. The molecule has 1 aliphatic heterocycles. The van der Waals surface area contributed by atoms with Gasteiger partial charge < -0.3 is 10.2 Å². The van der Waals surface area contributed by atoms with Crippen LogP contribution in [0.1, 0.15) is 40.8 Å². The average Bonchev–Trinajstić information content (AvgIpc) is 3.29. The monoisotopic (exact) mass is 388 g/mol. The van der Waals surface area contributed by atoms with Gasteiger partial charge in [-0.05, 0) is 50.1 Å². The second kappa shape index (κ2) is 8.69. The molecule has 2 amide bonds. The van der Waals surface area contributed by atoms with E-state index in [-0.39, 0.29) is 17.7 Å². The molecule has 3 heterocycles.